The van der Waals surface area contributed by atoms with Gasteiger partial charge in [0, 0.05) is 12.8 Å². The van der Waals surface area contributed by atoms with E-state index in [9.17, 15) is 0 Å². The number of quaternary nitrogens is 1. The summed E-state index contributed by atoms with van der Waals surface area (Å²) in [4.78, 5) is 0. The first-order chi connectivity index (χ1) is 6.67. The number of rotatable bonds is 1. The fraction of sp³-hybridized carbons (Fsp3) is 0.538. The molecule has 1 aromatic rings. The Morgan fingerprint density at radius 2 is 1.53 bits per heavy atom. The zero-order valence-electron chi connectivity index (χ0n) is 9.62. The molecule has 1 nitrogen and oxygen atoms in total. The Bertz CT molecular complexity index is 285. The number of hydrogen-bond donors (Lipinski definition) is 0. The van der Waals surface area contributed by atoms with E-state index in [1.807, 2.05) is 0 Å². The van der Waals surface area contributed by atoms with Gasteiger partial charge in [-0.1, -0.05) is 30.3 Å². The Morgan fingerprint density at radius 1 is 1.00 bits per heavy atom. The van der Waals surface area contributed by atoms with E-state index in [0.29, 0.717) is 0 Å². The molecule has 0 aromatic heterocycles. The highest BCUT2D eigenvalue weighted by Gasteiger charge is 2.26. The Labute approximate surface area is 110 Å². The molecule has 15 heavy (non-hydrogen) atoms. The van der Waals surface area contributed by atoms with Gasteiger partial charge in [-0.15, -0.1) is 0 Å². The molecule has 1 fully saturated rings. The van der Waals surface area contributed by atoms with Crippen molar-refractivity contribution in [2.24, 2.45) is 0 Å². The van der Waals surface area contributed by atoms with Gasteiger partial charge in [-0.3, -0.25) is 0 Å². The fourth-order valence-corrected chi connectivity index (χ4v) is 2.33. The summed E-state index contributed by atoms with van der Waals surface area (Å²) in [5.74, 6) is 0.808. The van der Waals surface area contributed by atoms with Gasteiger partial charge in [0.2, 0.25) is 0 Å². The van der Waals surface area contributed by atoms with Gasteiger partial charge in [-0.25, -0.2) is 0 Å². The SMILES string of the molecule is C[N+]1(C)CCC(c2ccccc2)CC1.[I-]. The molecule has 0 aliphatic carbocycles. The summed E-state index contributed by atoms with van der Waals surface area (Å²) < 4.78 is 1.20. The first-order valence-corrected chi connectivity index (χ1v) is 5.54. The number of benzene rings is 1. The van der Waals surface area contributed by atoms with Crippen LogP contribution < -0.4 is 24.0 Å². The second-order valence-electron chi connectivity index (χ2n) is 5.07. The van der Waals surface area contributed by atoms with Gasteiger partial charge in [0.1, 0.15) is 0 Å². The van der Waals surface area contributed by atoms with Gasteiger partial charge in [0.05, 0.1) is 27.2 Å². The highest BCUT2D eigenvalue weighted by molar-refractivity contribution is 5.19. The highest BCUT2D eigenvalue weighted by atomic mass is 127. The lowest BCUT2D eigenvalue weighted by Crippen LogP contribution is -3.00. The van der Waals surface area contributed by atoms with Gasteiger partial charge < -0.3 is 28.5 Å². The first kappa shape index (κ1) is 13.0. The lowest BCUT2D eigenvalue weighted by atomic mass is 9.89. The van der Waals surface area contributed by atoms with Crippen LogP contribution in [0.5, 0.6) is 0 Å². The summed E-state index contributed by atoms with van der Waals surface area (Å²) in [6, 6.07) is 11.0. The third-order valence-electron chi connectivity index (χ3n) is 3.44. The Kier molecular flexibility index (Phi) is 4.59. The molecule has 2 heteroatoms. The largest absolute Gasteiger partial charge is 1.00 e. The first-order valence-electron chi connectivity index (χ1n) is 5.54. The molecular formula is C13H20IN. The Morgan fingerprint density at radius 3 is 2.07 bits per heavy atom. The quantitative estimate of drug-likeness (QED) is 0.490. The summed E-state index contributed by atoms with van der Waals surface area (Å²) in [5.41, 5.74) is 1.53. The highest BCUT2D eigenvalue weighted by Crippen LogP contribution is 2.29. The number of hydrogen-bond acceptors (Lipinski definition) is 0. The average Bonchev–Trinajstić information content (AvgIpc) is 2.19. The molecule has 1 saturated heterocycles. The maximum atomic E-state index is 2.33. The van der Waals surface area contributed by atoms with Crippen LogP contribution in [-0.4, -0.2) is 31.7 Å². The van der Waals surface area contributed by atoms with Crippen LogP contribution in [0.3, 0.4) is 0 Å². The van der Waals surface area contributed by atoms with Crippen molar-refractivity contribution in [3.8, 4) is 0 Å². The van der Waals surface area contributed by atoms with Crippen molar-refractivity contribution in [2.75, 3.05) is 27.2 Å². The van der Waals surface area contributed by atoms with Crippen molar-refractivity contribution in [1.29, 1.82) is 0 Å². The summed E-state index contributed by atoms with van der Waals surface area (Å²) in [5, 5.41) is 0. The fourth-order valence-electron chi connectivity index (χ4n) is 2.33. The molecule has 0 spiro atoms. The lowest BCUT2D eigenvalue weighted by Gasteiger charge is -2.37. The van der Waals surface area contributed by atoms with E-state index in [1.54, 1.807) is 0 Å². The minimum absolute atomic E-state index is 0. The molecule has 1 heterocycles. The number of likely N-dealkylation sites (tertiary alicyclic amines) is 1. The molecule has 0 atom stereocenters. The van der Waals surface area contributed by atoms with Gasteiger partial charge in [0.15, 0.2) is 0 Å². The topological polar surface area (TPSA) is 0 Å². The van der Waals surface area contributed by atoms with E-state index in [4.69, 9.17) is 0 Å². The van der Waals surface area contributed by atoms with Crippen LogP contribution in [0.25, 0.3) is 0 Å². The molecule has 84 valence electrons. The predicted molar refractivity (Wildman–Crippen MR) is 60.3 cm³/mol. The van der Waals surface area contributed by atoms with Crippen molar-refractivity contribution in [2.45, 2.75) is 18.8 Å². The molecule has 0 radical (unpaired) electrons. The van der Waals surface area contributed by atoms with Crippen LogP contribution >= 0.6 is 0 Å². The molecule has 0 unspecified atom stereocenters. The van der Waals surface area contributed by atoms with Crippen LogP contribution in [0.15, 0.2) is 30.3 Å². The molecule has 2 rings (SSSR count). The summed E-state index contributed by atoms with van der Waals surface area (Å²) >= 11 is 0. The van der Waals surface area contributed by atoms with Gasteiger partial charge >= 0.3 is 0 Å². The molecule has 0 amide bonds. The molecule has 0 saturated carbocycles. The van der Waals surface area contributed by atoms with E-state index in [0.717, 1.165) is 5.92 Å². The normalized spacial score (nSPS) is 20.7. The van der Waals surface area contributed by atoms with E-state index < -0.39 is 0 Å². The maximum Gasteiger partial charge on any atom is 0.0788 e. The van der Waals surface area contributed by atoms with Gasteiger partial charge in [0.25, 0.3) is 0 Å². The summed E-state index contributed by atoms with van der Waals surface area (Å²) in [7, 11) is 4.67. The lowest BCUT2D eigenvalue weighted by molar-refractivity contribution is -0.895. The molecule has 1 aromatic carbocycles. The van der Waals surface area contributed by atoms with Crippen molar-refractivity contribution in [3.05, 3.63) is 35.9 Å². The van der Waals surface area contributed by atoms with Crippen LogP contribution in [0.1, 0.15) is 24.3 Å². The third kappa shape index (κ3) is 3.45. The minimum atomic E-state index is 0. The summed E-state index contributed by atoms with van der Waals surface area (Å²) in [6.45, 7) is 2.64. The van der Waals surface area contributed by atoms with Crippen molar-refractivity contribution in [1.82, 2.24) is 0 Å². The number of nitrogens with zero attached hydrogens (tertiary/aromatic N) is 1. The van der Waals surface area contributed by atoms with E-state index >= 15 is 0 Å². The Hall–Kier alpha value is -0.0900. The molecule has 0 bridgehead atoms. The third-order valence-corrected chi connectivity index (χ3v) is 3.44. The molecule has 1 aliphatic rings. The van der Waals surface area contributed by atoms with Gasteiger partial charge in [-0.05, 0) is 11.5 Å². The molecule has 0 N–H and O–H groups in total. The van der Waals surface area contributed by atoms with Gasteiger partial charge in [-0.2, -0.15) is 0 Å². The van der Waals surface area contributed by atoms with Crippen molar-refractivity contribution >= 4 is 0 Å². The standard InChI is InChI=1S/C13H20N.HI/c1-14(2)10-8-13(9-11-14)12-6-4-3-5-7-12;/h3-7,13H,8-11H2,1-2H3;1H/q+1;/p-1. The molecular weight excluding hydrogens is 297 g/mol. The van der Waals surface area contributed by atoms with Crippen molar-refractivity contribution < 1.29 is 28.5 Å². The average molecular weight is 317 g/mol. The molecule has 1 aliphatic heterocycles. The second kappa shape index (κ2) is 5.30. The van der Waals surface area contributed by atoms with E-state index in [1.165, 1.54) is 36.0 Å². The Balaban J connectivity index is 0.00000112. The van der Waals surface area contributed by atoms with Crippen molar-refractivity contribution in [3.63, 3.8) is 0 Å². The number of piperidine rings is 1. The van der Waals surface area contributed by atoms with Crippen LogP contribution in [0, 0.1) is 0 Å². The number of halogens is 1. The second-order valence-corrected chi connectivity index (χ2v) is 5.07. The monoisotopic (exact) mass is 317 g/mol. The summed E-state index contributed by atoms with van der Waals surface area (Å²) in [6.07, 6.45) is 2.69. The van der Waals surface area contributed by atoms with E-state index in [-0.39, 0.29) is 24.0 Å². The maximum absolute atomic E-state index is 2.33. The zero-order chi connectivity index (χ0) is 10.0. The van der Waals surface area contributed by atoms with E-state index in [2.05, 4.69) is 44.4 Å². The van der Waals surface area contributed by atoms with Crippen LogP contribution in [0.2, 0.25) is 0 Å². The minimum Gasteiger partial charge on any atom is -1.00 e. The smallest absolute Gasteiger partial charge is 0.0788 e. The zero-order valence-corrected chi connectivity index (χ0v) is 11.8. The van der Waals surface area contributed by atoms with Crippen LogP contribution in [0.4, 0.5) is 0 Å². The van der Waals surface area contributed by atoms with Crippen LogP contribution in [-0.2, 0) is 0 Å². The predicted octanol–water partition coefficient (Wildman–Crippen LogP) is -0.356.